The number of nitrogens with zero attached hydrogens (tertiary/aromatic N) is 1. The molecule has 0 bridgehead atoms. The van der Waals surface area contributed by atoms with Crippen molar-refractivity contribution in [3.8, 4) is 0 Å². The van der Waals surface area contributed by atoms with Crippen molar-refractivity contribution in [2.45, 2.75) is 57.7 Å². The van der Waals surface area contributed by atoms with Gasteiger partial charge in [0.25, 0.3) is 0 Å². The highest BCUT2D eigenvalue weighted by atomic mass is 16.1. The molecule has 0 aliphatic carbocycles. The summed E-state index contributed by atoms with van der Waals surface area (Å²) in [6.07, 6.45) is 2.63. The average Bonchev–Trinajstić information content (AvgIpc) is 2.23. The summed E-state index contributed by atoms with van der Waals surface area (Å²) in [5.41, 5.74) is 5.09. The van der Waals surface area contributed by atoms with Crippen molar-refractivity contribution in [1.29, 1.82) is 0 Å². The van der Waals surface area contributed by atoms with Gasteiger partial charge in [-0.2, -0.15) is 0 Å². The summed E-state index contributed by atoms with van der Waals surface area (Å²) in [4.78, 5) is 14.0. The van der Waals surface area contributed by atoms with Crippen LogP contribution in [0, 0.1) is 0 Å². The number of primary amides is 1. The van der Waals surface area contributed by atoms with Gasteiger partial charge in [-0.15, -0.1) is 0 Å². The van der Waals surface area contributed by atoms with E-state index in [-0.39, 0.29) is 5.91 Å². The molecule has 3 N–H and O–H groups in total. The predicted octanol–water partition coefficient (Wildman–Crippen LogP) is 0.713. The molecule has 4 heteroatoms. The van der Waals surface area contributed by atoms with Crippen LogP contribution >= 0.6 is 0 Å². The summed E-state index contributed by atoms with van der Waals surface area (Å²) in [7, 11) is 2.10. The maximum atomic E-state index is 11.7. The third-order valence-electron chi connectivity index (χ3n) is 3.89. The van der Waals surface area contributed by atoms with Crippen molar-refractivity contribution in [3.05, 3.63) is 0 Å². The minimum Gasteiger partial charge on any atom is -0.368 e. The van der Waals surface area contributed by atoms with Crippen LogP contribution in [0.3, 0.4) is 0 Å². The first kappa shape index (κ1) is 13.5. The van der Waals surface area contributed by atoms with E-state index in [1.54, 1.807) is 0 Å². The number of nitrogens with two attached hydrogens (primary N) is 1. The molecular formula is C12H25N3O. The molecular weight excluding hydrogens is 202 g/mol. The van der Waals surface area contributed by atoms with Crippen molar-refractivity contribution < 1.29 is 4.79 Å². The molecule has 4 nitrogen and oxygen atoms in total. The Labute approximate surface area is 98.6 Å². The second-order valence-electron chi connectivity index (χ2n) is 5.18. The largest absolute Gasteiger partial charge is 0.368 e. The van der Waals surface area contributed by atoms with Gasteiger partial charge < -0.3 is 16.0 Å². The standard InChI is InChI=1S/C12H25N3O/c1-5-9(2)14-12(11(13)16)6-7-15(4)10(3)8-12/h9-10,14H,5-8H2,1-4H3,(H2,13,16). The fraction of sp³-hybridized carbons (Fsp3) is 0.917. The predicted molar refractivity (Wildman–Crippen MR) is 66.1 cm³/mol. The van der Waals surface area contributed by atoms with E-state index in [1.165, 1.54) is 0 Å². The zero-order valence-electron chi connectivity index (χ0n) is 10.9. The first-order chi connectivity index (χ1) is 7.41. The fourth-order valence-corrected chi connectivity index (χ4v) is 2.35. The maximum Gasteiger partial charge on any atom is 0.237 e. The number of carbonyl (C=O) groups excluding carboxylic acids is 1. The van der Waals surface area contributed by atoms with E-state index >= 15 is 0 Å². The molecule has 0 aromatic heterocycles. The molecule has 16 heavy (non-hydrogen) atoms. The minimum absolute atomic E-state index is 0.201. The topological polar surface area (TPSA) is 58.4 Å². The highest BCUT2D eigenvalue weighted by Crippen LogP contribution is 2.26. The Bertz CT molecular complexity index is 253. The summed E-state index contributed by atoms with van der Waals surface area (Å²) in [6.45, 7) is 7.29. The van der Waals surface area contributed by atoms with E-state index in [4.69, 9.17) is 5.73 Å². The van der Waals surface area contributed by atoms with Crippen LogP contribution in [0.1, 0.15) is 40.0 Å². The summed E-state index contributed by atoms with van der Waals surface area (Å²) in [6, 6.07) is 0.737. The lowest BCUT2D eigenvalue weighted by Crippen LogP contribution is -2.64. The van der Waals surface area contributed by atoms with Gasteiger partial charge in [-0.25, -0.2) is 0 Å². The Balaban J connectivity index is 2.78. The molecule has 1 aliphatic rings. The normalized spacial score (nSPS) is 33.6. The highest BCUT2D eigenvalue weighted by Gasteiger charge is 2.42. The van der Waals surface area contributed by atoms with E-state index in [0.717, 1.165) is 25.8 Å². The lowest BCUT2D eigenvalue weighted by Gasteiger charge is -2.44. The number of hydrogen-bond donors (Lipinski definition) is 2. The molecule has 1 fully saturated rings. The van der Waals surface area contributed by atoms with Gasteiger partial charge in [0, 0.05) is 18.6 Å². The molecule has 0 aromatic rings. The third-order valence-corrected chi connectivity index (χ3v) is 3.89. The fourth-order valence-electron chi connectivity index (χ4n) is 2.35. The van der Waals surface area contributed by atoms with Gasteiger partial charge in [0.05, 0.1) is 0 Å². The van der Waals surface area contributed by atoms with E-state index in [1.807, 2.05) is 0 Å². The highest BCUT2D eigenvalue weighted by molar-refractivity contribution is 5.85. The summed E-state index contributed by atoms with van der Waals surface area (Å²) >= 11 is 0. The lowest BCUT2D eigenvalue weighted by molar-refractivity contribution is -0.127. The molecule has 1 aliphatic heterocycles. The molecule has 94 valence electrons. The molecule has 0 spiro atoms. The van der Waals surface area contributed by atoms with Crippen LogP contribution < -0.4 is 11.1 Å². The van der Waals surface area contributed by atoms with Crippen molar-refractivity contribution in [3.63, 3.8) is 0 Å². The van der Waals surface area contributed by atoms with E-state index in [9.17, 15) is 4.79 Å². The zero-order valence-corrected chi connectivity index (χ0v) is 10.9. The van der Waals surface area contributed by atoms with Crippen LogP contribution in [0.2, 0.25) is 0 Å². The van der Waals surface area contributed by atoms with E-state index in [2.05, 4.69) is 38.0 Å². The van der Waals surface area contributed by atoms with Crippen LogP contribution in [0.5, 0.6) is 0 Å². The van der Waals surface area contributed by atoms with Crippen LogP contribution in [0.15, 0.2) is 0 Å². The van der Waals surface area contributed by atoms with Gasteiger partial charge in [0.1, 0.15) is 5.54 Å². The lowest BCUT2D eigenvalue weighted by atomic mass is 9.82. The Morgan fingerprint density at radius 1 is 1.69 bits per heavy atom. The third kappa shape index (κ3) is 2.74. The number of nitrogens with one attached hydrogen (secondary N) is 1. The van der Waals surface area contributed by atoms with Crippen molar-refractivity contribution >= 4 is 5.91 Å². The number of amides is 1. The Morgan fingerprint density at radius 3 is 2.75 bits per heavy atom. The quantitative estimate of drug-likeness (QED) is 0.744. The maximum absolute atomic E-state index is 11.7. The number of likely N-dealkylation sites (tertiary alicyclic amines) is 1. The van der Waals surface area contributed by atoms with Gasteiger partial charge in [0.2, 0.25) is 5.91 Å². The first-order valence-corrected chi connectivity index (χ1v) is 6.19. The van der Waals surface area contributed by atoms with Crippen molar-refractivity contribution in [2.75, 3.05) is 13.6 Å². The summed E-state index contributed by atoms with van der Waals surface area (Å²) in [5.74, 6) is -0.201. The zero-order chi connectivity index (χ0) is 12.3. The van der Waals surface area contributed by atoms with Crippen LogP contribution in [0.4, 0.5) is 0 Å². The van der Waals surface area contributed by atoms with E-state index < -0.39 is 5.54 Å². The molecule has 1 amide bonds. The Hall–Kier alpha value is -0.610. The van der Waals surface area contributed by atoms with Crippen LogP contribution in [-0.2, 0) is 4.79 Å². The molecule has 0 radical (unpaired) electrons. The number of hydrogen-bond acceptors (Lipinski definition) is 3. The van der Waals surface area contributed by atoms with Crippen LogP contribution in [-0.4, -0.2) is 42.0 Å². The van der Waals surface area contributed by atoms with Gasteiger partial charge >= 0.3 is 0 Å². The minimum atomic E-state index is -0.499. The Kier molecular flexibility index (Phi) is 4.33. The summed E-state index contributed by atoms with van der Waals surface area (Å²) < 4.78 is 0. The summed E-state index contributed by atoms with van der Waals surface area (Å²) in [5, 5.41) is 3.43. The van der Waals surface area contributed by atoms with Gasteiger partial charge in [-0.1, -0.05) is 6.92 Å². The average molecular weight is 227 g/mol. The number of rotatable bonds is 4. The van der Waals surface area contributed by atoms with Gasteiger partial charge in [0.15, 0.2) is 0 Å². The van der Waals surface area contributed by atoms with Crippen molar-refractivity contribution in [1.82, 2.24) is 10.2 Å². The molecule has 1 saturated heterocycles. The number of piperidine rings is 1. The second-order valence-corrected chi connectivity index (χ2v) is 5.18. The number of carbonyl (C=O) groups is 1. The monoisotopic (exact) mass is 227 g/mol. The van der Waals surface area contributed by atoms with Gasteiger partial charge in [-0.05, 0) is 40.2 Å². The van der Waals surface area contributed by atoms with E-state index in [0.29, 0.717) is 12.1 Å². The SMILES string of the molecule is CCC(C)NC1(C(N)=O)CCN(C)C(C)C1. The smallest absolute Gasteiger partial charge is 0.237 e. The molecule has 0 aromatic carbocycles. The van der Waals surface area contributed by atoms with Crippen molar-refractivity contribution in [2.24, 2.45) is 5.73 Å². The second kappa shape index (κ2) is 5.15. The molecule has 3 atom stereocenters. The Morgan fingerprint density at radius 2 is 2.31 bits per heavy atom. The molecule has 1 heterocycles. The molecule has 1 rings (SSSR count). The molecule has 3 unspecified atom stereocenters. The van der Waals surface area contributed by atoms with Gasteiger partial charge in [-0.3, -0.25) is 4.79 Å². The van der Waals surface area contributed by atoms with Crippen LogP contribution in [0.25, 0.3) is 0 Å². The molecule has 0 saturated carbocycles. The first-order valence-electron chi connectivity index (χ1n) is 6.19.